The second kappa shape index (κ2) is 5.71. The van der Waals surface area contributed by atoms with Crippen molar-refractivity contribution >= 4 is 17.7 Å². The molecule has 6 nitrogen and oxygen atoms in total. The average molecular weight is 266 g/mol. The van der Waals surface area contributed by atoms with Crippen LogP contribution in [0, 0.1) is 0 Å². The third-order valence-corrected chi connectivity index (χ3v) is 2.18. The van der Waals surface area contributed by atoms with E-state index >= 15 is 0 Å². The molecule has 0 bridgehead atoms. The largest absolute Gasteiger partial charge is 0.480 e. The van der Waals surface area contributed by atoms with Gasteiger partial charge in [-0.25, -0.2) is 4.79 Å². The van der Waals surface area contributed by atoms with Crippen molar-refractivity contribution in [2.45, 2.75) is 32.4 Å². The topological polar surface area (TPSA) is 102 Å². The third kappa shape index (κ3) is 4.97. The molecular formula is C13H18N2O4. The van der Waals surface area contributed by atoms with Crippen LogP contribution < -0.4 is 11.1 Å². The molecule has 0 aliphatic heterocycles. The number of rotatable bonds is 3. The molecule has 0 saturated heterocycles. The lowest BCUT2D eigenvalue weighted by atomic mass is 10.1. The van der Waals surface area contributed by atoms with Gasteiger partial charge in [-0.1, -0.05) is 12.1 Å². The predicted octanol–water partition coefficient (Wildman–Crippen LogP) is 2.12. The molecule has 1 aromatic carbocycles. The monoisotopic (exact) mass is 266 g/mol. The second-order valence-corrected chi connectivity index (χ2v) is 5.06. The number of anilines is 1. The lowest BCUT2D eigenvalue weighted by Crippen LogP contribution is -2.27. The SMILES string of the molecule is CC(C)(C)OC(=O)Nc1ccc([C@H](N)C(=O)O)cc1. The molecule has 0 spiro atoms. The quantitative estimate of drug-likeness (QED) is 0.777. The van der Waals surface area contributed by atoms with Gasteiger partial charge in [0.05, 0.1) is 0 Å². The average Bonchev–Trinajstić information content (AvgIpc) is 2.26. The first-order chi connectivity index (χ1) is 8.69. The molecule has 0 saturated carbocycles. The van der Waals surface area contributed by atoms with Gasteiger partial charge in [-0.2, -0.15) is 0 Å². The minimum Gasteiger partial charge on any atom is -0.480 e. The summed E-state index contributed by atoms with van der Waals surface area (Å²) in [5.74, 6) is -1.10. The highest BCUT2D eigenvalue weighted by Gasteiger charge is 2.17. The Morgan fingerprint density at radius 3 is 2.21 bits per heavy atom. The van der Waals surface area contributed by atoms with Crippen molar-refractivity contribution in [1.82, 2.24) is 0 Å². The zero-order chi connectivity index (χ0) is 14.6. The van der Waals surface area contributed by atoms with Crippen LogP contribution in [0.2, 0.25) is 0 Å². The molecule has 4 N–H and O–H groups in total. The van der Waals surface area contributed by atoms with E-state index in [9.17, 15) is 9.59 Å². The van der Waals surface area contributed by atoms with E-state index in [0.717, 1.165) is 0 Å². The van der Waals surface area contributed by atoms with Gasteiger partial charge in [0.25, 0.3) is 0 Å². The van der Waals surface area contributed by atoms with Crippen LogP contribution in [-0.2, 0) is 9.53 Å². The van der Waals surface area contributed by atoms with Crippen molar-refractivity contribution < 1.29 is 19.4 Å². The summed E-state index contributed by atoms with van der Waals surface area (Å²) in [5.41, 5.74) is 5.86. The van der Waals surface area contributed by atoms with Gasteiger partial charge in [-0.3, -0.25) is 10.1 Å². The number of carbonyl (C=O) groups excluding carboxylic acids is 1. The number of amides is 1. The minimum atomic E-state index is -1.10. The zero-order valence-corrected chi connectivity index (χ0v) is 11.1. The summed E-state index contributed by atoms with van der Waals surface area (Å²) in [6, 6.07) is 5.16. The Bertz CT molecular complexity index is 463. The Morgan fingerprint density at radius 1 is 1.26 bits per heavy atom. The molecule has 0 unspecified atom stereocenters. The van der Waals surface area contributed by atoms with Crippen LogP contribution in [0.5, 0.6) is 0 Å². The molecule has 19 heavy (non-hydrogen) atoms. The highest BCUT2D eigenvalue weighted by atomic mass is 16.6. The third-order valence-electron chi connectivity index (χ3n) is 2.18. The van der Waals surface area contributed by atoms with Gasteiger partial charge in [0.15, 0.2) is 0 Å². The van der Waals surface area contributed by atoms with E-state index in [1.165, 1.54) is 0 Å². The maximum atomic E-state index is 11.5. The summed E-state index contributed by atoms with van der Waals surface area (Å²) in [6.07, 6.45) is -0.567. The number of carbonyl (C=O) groups is 2. The lowest BCUT2D eigenvalue weighted by Gasteiger charge is -2.19. The number of aliphatic carboxylic acids is 1. The Hall–Kier alpha value is -2.08. The Labute approximate surface area is 111 Å². The Morgan fingerprint density at radius 2 is 1.79 bits per heavy atom. The van der Waals surface area contributed by atoms with E-state index < -0.39 is 23.7 Å². The number of ether oxygens (including phenoxy) is 1. The van der Waals surface area contributed by atoms with Crippen LogP contribution in [0.25, 0.3) is 0 Å². The van der Waals surface area contributed by atoms with Gasteiger partial charge in [0.2, 0.25) is 0 Å². The molecule has 0 fully saturated rings. The van der Waals surface area contributed by atoms with E-state index in [1.807, 2.05) is 0 Å². The fourth-order valence-electron chi connectivity index (χ4n) is 1.34. The predicted molar refractivity (Wildman–Crippen MR) is 70.9 cm³/mol. The number of benzene rings is 1. The van der Waals surface area contributed by atoms with Crippen molar-refractivity contribution in [2.75, 3.05) is 5.32 Å². The van der Waals surface area contributed by atoms with Crippen LogP contribution in [0.3, 0.4) is 0 Å². The zero-order valence-electron chi connectivity index (χ0n) is 11.1. The second-order valence-electron chi connectivity index (χ2n) is 5.06. The van der Waals surface area contributed by atoms with E-state index in [1.54, 1.807) is 45.0 Å². The number of nitrogens with two attached hydrogens (primary N) is 1. The van der Waals surface area contributed by atoms with Gasteiger partial charge < -0.3 is 15.6 Å². The Kier molecular flexibility index (Phi) is 4.50. The summed E-state index contributed by atoms with van der Waals surface area (Å²) in [7, 11) is 0. The molecule has 0 aliphatic rings. The summed E-state index contributed by atoms with van der Waals surface area (Å²) in [4.78, 5) is 22.2. The first-order valence-electron chi connectivity index (χ1n) is 5.77. The van der Waals surface area contributed by atoms with E-state index in [-0.39, 0.29) is 0 Å². The summed E-state index contributed by atoms with van der Waals surface area (Å²) in [5, 5.41) is 11.3. The summed E-state index contributed by atoms with van der Waals surface area (Å²) in [6.45, 7) is 5.30. The summed E-state index contributed by atoms with van der Waals surface area (Å²) < 4.78 is 5.09. The smallest absolute Gasteiger partial charge is 0.412 e. The molecule has 1 amide bonds. The van der Waals surface area contributed by atoms with Crippen molar-refractivity contribution in [1.29, 1.82) is 0 Å². The summed E-state index contributed by atoms with van der Waals surface area (Å²) >= 11 is 0. The molecule has 1 aromatic rings. The molecular weight excluding hydrogens is 248 g/mol. The van der Waals surface area contributed by atoms with Gasteiger partial charge in [0, 0.05) is 5.69 Å². The standard InChI is InChI=1S/C13H18N2O4/c1-13(2,3)19-12(18)15-9-6-4-8(5-7-9)10(14)11(16)17/h4-7,10H,14H2,1-3H3,(H,15,18)(H,16,17)/t10-/m0/s1. The van der Waals surface area contributed by atoms with Crippen LogP contribution in [-0.4, -0.2) is 22.8 Å². The molecule has 1 atom stereocenters. The van der Waals surface area contributed by atoms with Gasteiger partial charge in [0.1, 0.15) is 11.6 Å². The highest BCUT2D eigenvalue weighted by molar-refractivity contribution is 5.85. The van der Waals surface area contributed by atoms with Gasteiger partial charge >= 0.3 is 12.1 Å². The molecule has 6 heteroatoms. The van der Waals surface area contributed by atoms with Crippen LogP contribution in [0.15, 0.2) is 24.3 Å². The van der Waals surface area contributed by atoms with Crippen molar-refractivity contribution in [3.63, 3.8) is 0 Å². The molecule has 0 aliphatic carbocycles. The molecule has 0 aromatic heterocycles. The molecule has 0 heterocycles. The van der Waals surface area contributed by atoms with Gasteiger partial charge in [-0.15, -0.1) is 0 Å². The lowest BCUT2D eigenvalue weighted by molar-refractivity contribution is -0.138. The normalized spacial score (nSPS) is 12.6. The van der Waals surface area contributed by atoms with Gasteiger partial charge in [-0.05, 0) is 38.5 Å². The van der Waals surface area contributed by atoms with E-state index in [4.69, 9.17) is 15.6 Å². The van der Waals surface area contributed by atoms with E-state index in [0.29, 0.717) is 11.3 Å². The number of nitrogens with one attached hydrogen (secondary N) is 1. The molecule has 0 radical (unpaired) electrons. The maximum absolute atomic E-state index is 11.5. The fourth-order valence-corrected chi connectivity index (χ4v) is 1.34. The van der Waals surface area contributed by atoms with Crippen LogP contribution in [0.1, 0.15) is 32.4 Å². The minimum absolute atomic E-state index is 0.460. The van der Waals surface area contributed by atoms with Crippen molar-refractivity contribution in [3.05, 3.63) is 29.8 Å². The van der Waals surface area contributed by atoms with Crippen LogP contribution >= 0.6 is 0 Å². The maximum Gasteiger partial charge on any atom is 0.412 e. The highest BCUT2D eigenvalue weighted by Crippen LogP contribution is 2.16. The number of carboxylic acid groups (broad SMARTS) is 1. The first kappa shape index (κ1) is 15.0. The van der Waals surface area contributed by atoms with Crippen molar-refractivity contribution in [2.24, 2.45) is 5.73 Å². The van der Waals surface area contributed by atoms with E-state index in [2.05, 4.69) is 5.32 Å². The number of hydrogen-bond acceptors (Lipinski definition) is 4. The van der Waals surface area contributed by atoms with Crippen LogP contribution in [0.4, 0.5) is 10.5 Å². The fraction of sp³-hybridized carbons (Fsp3) is 0.385. The Balaban J connectivity index is 2.67. The first-order valence-corrected chi connectivity index (χ1v) is 5.77. The molecule has 1 rings (SSSR count). The number of carboxylic acids is 1. The molecule has 104 valence electrons. The number of hydrogen-bond donors (Lipinski definition) is 3. The van der Waals surface area contributed by atoms with Crippen molar-refractivity contribution in [3.8, 4) is 0 Å².